The van der Waals surface area contributed by atoms with Gasteiger partial charge in [-0.2, -0.15) is 0 Å². The lowest BCUT2D eigenvalue weighted by atomic mass is 10.2. The van der Waals surface area contributed by atoms with Crippen LogP contribution in [0, 0.1) is 0 Å². The first-order chi connectivity index (χ1) is 14.3. The van der Waals surface area contributed by atoms with E-state index in [1.165, 1.54) is 54.6 Å². The Bertz CT molecular complexity index is 1000. The van der Waals surface area contributed by atoms with E-state index in [0.717, 1.165) is 6.07 Å². The van der Waals surface area contributed by atoms with E-state index in [1.807, 2.05) is 0 Å². The highest BCUT2D eigenvalue weighted by atomic mass is 16.5. The SMILES string of the molecule is C/C=C/C(=O)Oc1ccc(C(=O)OCc2ccc(O)c(OC(=O)/C=C/C)c2)cc1O. The second kappa shape index (κ2) is 10.5. The number of carbonyl (C=O) groups excluding carboxylic acids is 3. The Balaban J connectivity index is 2.04. The Labute approximate surface area is 172 Å². The fourth-order valence-corrected chi connectivity index (χ4v) is 2.25. The molecule has 2 rings (SSSR count). The minimum Gasteiger partial charge on any atom is -0.504 e. The summed E-state index contributed by atoms with van der Waals surface area (Å²) in [5.74, 6) is -2.87. The van der Waals surface area contributed by atoms with Crippen LogP contribution in [0.3, 0.4) is 0 Å². The summed E-state index contributed by atoms with van der Waals surface area (Å²) in [5.41, 5.74) is 0.502. The summed E-state index contributed by atoms with van der Waals surface area (Å²) in [4.78, 5) is 35.2. The van der Waals surface area contributed by atoms with Gasteiger partial charge in [0.25, 0.3) is 0 Å². The van der Waals surface area contributed by atoms with Crippen molar-refractivity contribution in [2.24, 2.45) is 0 Å². The number of hydrogen-bond acceptors (Lipinski definition) is 8. The minimum atomic E-state index is -0.739. The van der Waals surface area contributed by atoms with Gasteiger partial charge in [-0.3, -0.25) is 0 Å². The van der Waals surface area contributed by atoms with Gasteiger partial charge < -0.3 is 24.4 Å². The van der Waals surface area contributed by atoms with Crippen LogP contribution in [-0.4, -0.2) is 28.1 Å². The maximum absolute atomic E-state index is 12.2. The minimum absolute atomic E-state index is 0.0387. The molecule has 30 heavy (non-hydrogen) atoms. The smallest absolute Gasteiger partial charge is 0.338 e. The third-order valence-electron chi connectivity index (χ3n) is 3.62. The van der Waals surface area contributed by atoms with Crippen molar-refractivity contribution in [3.05, 3.63) is 71.8 Å². The average molecular weight is 412 g/mol. The van der Waals surface area contributed by atoms with Crippen molar-refractivity contribution < 1.29 is 38.8 Å². The standard InChI is InChI=1S/C22H20O8/c1-3-5-20(25)29-18-10-8-15(12-17(18)24)22(27)28-13-14-7-9-16(23)19(11-14)30-21(26)6-4-2/h3-12,23-24H,13H2,1-2H3/b5-3+,6-4+. The van der Waals surface area contributed by atoms with Gasteiger partial charge in [-0.05, 0) is 49.7 Å². The van der Waals surface area contributed by atoms with Gasteiger partial charge in [-0.25, -0.2) is 14.4 Å². The highest BCUT2D eigenvalue weighted by molar-refractivity contribution is 5.91. The molecular weight excluding hydrogens is 392 g/mol. The van der Waals surface area contributed by atoms with Gasteiger partial charge in [0.05, 0.1) is 5.56 Å². The van der Waals surface area contributed by atoms with E-state index >= 15 is 0 Å². The van der Waals surface area contributed by atoms with Crippen molar-refractivity contribution in [2.75, 3.05) is 0 Å². The molecule has 156 valence electrons. The molecule has 8 nitrogen and oxygen atoms in total. The van der Waals surface area contributed by atoms with E-state index in [2.05, 4.69) is 0 Å². The molecule has 0 amide bonds. The number of allylic oxidation sites excluding steroid dienone is 2. The molecule has 0 aliphatic heterocycles. The van der Waals surface area contributed by atoms with Gasteiger partial charge in [-0.1, -0.05) is 18.2 Å². The molecule has 0 unspecified atom stereocenters. The average Bonchev–Trinajstić information content (AvgIpc) is 2.70. The summed E-state index contributed by atoms with van der Waals surface area (Å²) in [6.07, 6.45) is 5.36. The lowest BCUT2D eigenvalue weighted by Crippen LogP contribution is -2.07. The van der Waals surface area contributed by atoms with Crippen LogP contribution in [0.25, 0.3) is 0 Å². The van der Waals surface area contributed by atoms with E-state index in [-0.39, 0.29) is 29.4 Å². The Kier molecular flexibility index (Phi) is 7.75. The molecule has 0 spiro atoms. The molecule has 0 saturated carbocycles. The molecule has 0 fully saturated rings. The Morgan fingerprint density at radius 3 is 2.07 bits per heavy atom. The van der Waals surface area contributed by atoms with Crippen molar-refractivity contribution in [3.8, 4) is 23.0 Å². The first kappa shape index (κ1) is 22.2. The molecule has 2 aromatic carbocycles. The quantitative estimate of drug-likeness (QED) is 0.403. The molecule has 2 N–H and O–H groups in total. The van der Waals surface area contributed by atoms with Gasteiger partial charge >= 0.3 is 17.9 Å². The summed E-state index contributed by atoms with van der Waals surface area (Å²) in [7, 11) is 0. The normalized spacial score (nSPS) is 10.9. The molecule has 2 aromatic rings. The fourth-order valence-electron chi connectivity index (χ4n) is 2.25. The molecule has 0 saturated heterocycles. The molecule has 0 aliphatic rings. The molecule has 0 heterocycles. The van der Waals surface area contributed by atoms with Crippen molar-refractivity contribution >= 4 is 17.9 Å². The van der Waals surface area contributed by atoms with Gasteiger partial charge in [0.15, 0.2) is 23.0 Å². The summed E-state index contributed by atoms with van der Waals surface area (Å²) < 4.78 is 15.1. The highest BCUT2D eigenvalue weighted by Gasteiger charge is 2.14. The molecule has 0 bridgehead atoms. The third-order valence-corrected chi connectivity index (χ3v) is 3.62. The zero-order valence-electron chi connectivity index (χ0n) is 16.3. The first-order valence-corrected chi connectivity index (χ1v) is 8.85. The van der Waals surface area contributed by atoms with E-state index in [1.54, 1.807) is 13.8 Å². The van der Waals surface area contributed by atoms with Gasteiger partial charge in [0.1, 0.15) is 6.61 Å². The number of hydrogen-bond donors (Lipinski definition) is 2. The van der Waals surface area contributed by atoms with E-state index < -0.39 is 23.7 Å². The van der Waals surface area contributed by atoms with E-state index in [4.69, 9.17) is 14.2 Å². The number of aromatic hydroxyl groups is 2. The van der Waals surface area contributed by atoms with E-state index in [0.29, 0.717) is 5.56 Å². The van der Waals surface area contributed by atoms with Crippen LogP contribution in [0.5, 0.6) is 23.0 Å². The monoisotopic (exact) mass is 412 g/mol. The fraction of sp³-hybridized carbons (Fsp3) is 0.136. The Hall–Kier alpha value is -4.07. The largest absolute Gasteiger partial charge is 0.504 e. The predicted octanol–water partition coefficient (Wildman–Crippen LogP) is 3.42. The van der Waals surface area contributed by atoms with E-state index in [9.17, 15) is 24.6 Å². The van der Waals surface area contributed by atoms with Crippen LogP contribution in [-0.2, 0) is 20.9 Å². The number of phenolic OH excluding ortho intramolecular Hbond substituents is 2. The van der Waals surface area contributed by atoms with Crippen molar-refractivity contribution in [3.63, 3.8) is 0 Å². The number of esters is 3. The molecule has 0 radical (unpaired) electrons. The van der Waals surface area contributed by atoms with Gasteiger partial charge in [0, 0.05) is 12.2 Å². The maximum atomic E-state index is 12.2. The van der Waals surface area contributed by atoms with Crippen LogP contribution in [0.1, 0.15) is 29.8 Å². The van der Waals surface area contributed by atoms with Gasteiger partial charge in [-0.15, -0.1) is 0 Å². The topological polar surface area (TPSA) is 119 Å². The van der Waals surface area contributed by atoms with Crippen LogP contribution in [0.2, 0.25) is 0 Å². The zero-order valence-corrected chi connectivity index (χ0v) is 16.3. The molecule has 0 aliphatic carbocycles. The lowest BCUT2D eigenvalue weighted by Gasteiger charge is -2.09. The first-order valence-electron chi connectivity index (χ1n) is 8.85. The van der Waals surface area contributed by atoms with Crippen molar-refractivity contribution in [1.82, 2.24) is 0 Å². The Morgan fingerprint density at radius 1 is 0.833 bits per heavy atom. The molecule has 8 heteroatoms. The number of rotatable bonds is 7. The van der Waals surface area contributed by atoms with Crippen LogP contribution < -0.4 is 9.47 Å². The highest BCUT2D eigenvalue weighted by Crippen LogP contribution is 2.29. The number of ether oxygens (including phenoxy) is 3. The summed E-state index contributed by atoms with van der Waals surface area (Å²) in [6, 6.07) is 7.89. The summed E-state index contributed by atoms with van der Waals surface area (Å²) >= 11 is 0. The molecule has 0 atom stereocenters. The lowest BCUT2D eigenvalue weighted by molar-refractivity contribution is -0.130. The third kappa shape index (κ3) is 6.23. The van der Waals surface area contributed by atoms with Gasteiger partial charge in [0.2, 0.25) is 0 Å². The van der Waals surface area contributed by atoms with Crippen LogP contribution in [0.15, 0.2) is 60.7 Å². The summed E-state index contributed by atoms with van der Waals surface area (Å²) in [5, 5.41) is 19.7. The predicted molar refractivity (Wildman–Crippen MR) is 106 cm³/mol. The van der Waals surface area contributed by atoms with Crippen molar-refractivity contribution in [1.29, 1.82) is 0 Å². The van der Waals surface area contributed by atoms with Crippen LogP contribution >= 0.6 is 0 Å². The Morgan fingerprint density at radius 2 is 1.47 bits per heavy atom. The summed E-state index contributed by atoms with van der Waals surface area (Å²) in [6.45, 7) is 3.11. The molecular formula is C22H20O8. The number of carbonyl (C=O) groups is 3. The second-order valence-corrected chi connectivity index (χ2v) is 5.90. The zero-order chi connectivity index (χ0) is 22.1. The number of benzene rings is 2. The van der Waals surface area contributed by atoms with Crippen LogP contribution in [0.4, 0.5) is 0 Å². The number of phenols is 2. The second-order valence-electron chi connectivity index (χ2n) is 5.90. The van der Waals surface area contributed by atoms with Crippen molar-refractivity contribution in [2.45, 2.75) is 20.5 Å². The molecule has 0 aromatic heterocycles. The maximum Gasteiger partial charge on any atom is 0.338 e.